The molecule has 0 aromatic heterocycles. The fourth-order valence-electron chi connectivity index (χ4n) is 1.08. The largest absolute Gasteiger partial charge is 0.480 e. The van der Waals surface area contributed by atoms with Crippen LogP contribution in [0.4, 0.5) is 4.39 Å². The normalized spacial score (nSPS) is 12.5. The zero-order chi connectivity index (χ0) is 11.6. The van der Waals surface area contributed by atoms with Gasteiger partial charge in [0.2, 0.25) is 0 Å². The number of carboxylic acids is 1. The zero-order valence-electron chi connectivity index (χ0n) is 7.51. The van der Waals surface area contributed by atoms with Gasteiger partial charge in [0.25, 0.3) is 0 Å². The number of carbonyl (C=O) groups is 1. The van der Waals surface area contributed by atoms with Crippen molar-refractivity contribution < 1.29 is 14.3 Å². The number of hydrogen-bond donors (Lipinski definition) is 2. The number of benzene rings is 1. The van der Waals surface area contributed by atoms with Gasteiger partial charge in [-0.1, -0.05) is 15.9 Å². The van der Waals surface area contributed by atoms with E-state index in [0.29, 0.717) is 4.47 Å². The maximum absolute atomic E-state index is 13.5. The highest BCUT2D eigenvalue weighted by molar-refractivity contribution is 9.11. The summed E-state index contributed by atoms with van der Waals surface area (Å²) in [5.74, 6) is -1.62. The Morgan fingerprint density at radius 1 is 1.53 bits per heavy atom. The van der Waals surface area contributed by atoms with Crippen LogP contribution in [0.25, 0.3) is 0 Å². The molecule has 1 aromatic carbocycles. The van der Waals surface area contributed by atoms with Crippen molar-refractivity contribution in [1.29, 1.82) is 0 Å². The van der Waals surface area contributed by atoms with Gasteiger partial charge in [-0.2, -0.15) is 0 Å². The fourth-order valence-corrected chi connectivity index (χ4v) is 2.40. The highest BCUT2D eigenvalue weighted by atomic mass is 79.9. The Kier molecular flexibility index (Phi) is 4.24. The van der Waals surface area contributed by atoms with E-state index in [9.17, 15) is 9.18 Å². The van der Waals surface area contributed by atoms with E-state index in [1.54, 1.807) is 6.07 Å². The first kappa shape index (κ1) is 12.6. The Balaban J connectivity index is 2.99. The SMILES string of the molecule is NC(Cc1cc(Br)cc(Br)c1F)C(=O)O. The molecule has 1 rings (SSSR count). The number of aliphatic carboxylic acids is 1. The monoisotopic (exact) mass is 339 g/mol. The maximum atomic E-state index is 13.5. The molecule has 1 atom stereocenters. The summed E-state index contributed by atoms with van der Waals surface area (Å²) in [6, 6.07) is 1.97. The molecule has 0 spiro atoms. The summed E-state index contributed by atoms with van der Waals surface area (Å²) in [6.07, 6.45) is -0.0425. The van der Waals surface area contributed by atoms with E-state index in [1.165, 1.54) is 6.07 Å². The van der Waals surface area contributed by atoms with Gasteiger partial charge in [0, 0.05) is 10.9 Å². The van der Waals surface area contributed by atoms with Crippen LogP contribution >= 0.6 is 31.9 Å². The minimum atomic E-state index is -1.15. The average molecular weight is 341 g/mol. The van der Waals surface area contributed by atoms with Crippen molar-refractivity contribution in [2.75, 3.05) is 0 Å². The van der Waals surface area contributed by atoms with Crippen LogP contribution in [-0.4, -0.2) is 17.1 Å². The molecule has 6 heteroatoms. The van der Waals surface area contributed by atoms with E-state index in [2.05, 4.69) is 31.9 Å². The minimum Gasteiger partial charge on any atom is -0.480 e. The lowest BCUT2D eigenvalue weighted by Crippen LogP contribution is -2.32. The van der Waals surface area contributed by atoms with Crippen molar-refractivity contribution in [1.82, 2.24) is 0 Å². The van der Waals surface area contributed by atoms with Crippen LogP contribution in [0, 0.1) is 5.82 Å². The molecule has 0 radical (unpaired) electrons. The van der Waals surface area contributed by atoms with Crippen LogP contribution in [0.3, 0.4) is 0 Å². The van der Waals surface area contributed by atoms with Crippen LogP contribution < -0.4 is 5.73 Å². The summed E-state index contributed by atoms with van der Waals surface area (Å²) < 4.78 is 14.4. The Bertz CT molecular complexity index is 398. The summed E-state index contributed by atoms with van der Waals surface area (Å²) in [5, 5.41) is 8.60. The molecule has 0 bridgehead atoms. The van der Waals surface area contributed by atoms with Gasteiger partial charge in [-0.05, 0) is 33.6 Å². The van der Waals surface area contributed by atoms with E-state index < -0.39 is 17.8 Å². The molecule has 82 valence electrons. The summed E-state index contributed by atoms with van der Waals surface area (Å²) in [4.78, 5) is 10.5. The van der Waals surface area contributed by atoms with Crippen molar-refractivity contribution in [2.45, 2.75) is 12.5 Å². The summed E-state index contributed by atoms with van der Waals surface area (Å²) >= 11 is 6.22. The molecule has 0 saturated heterocycles. The number of hydrogen-bond acceptors (Lipinski definition) is 2. The topological polar surface area (TPSA) is 63.3 Å². The Morgan fingerprint density at radius 2 is 2.13 bits per heavy atom. The quantitative estimate of drug-likeness (QED) is 0.830. The molecular formula is C9H8Br2FNO2. The van der Waals surface area contributed by atoms with E-state index in [4.69, 9.17) is 10.8 Å². The molecule has 0 heterocycles. The van der Waals surface area contributed by atoms with Crippen LogP contribution in [-0.2, 0) is 11.2 Å². The highest BCUT2D eigenvalue weighted by Crippen LogP contribution is 2.25. The average Bonchev–Trinajstić information content (AvgIpc) is 2.13. The number of halogens is 3. The van der Waals surface area contributed by atoms with E-state index in [0.717, 1.165) is 0 Å². The molecular weight excluding hydrogens is 333 g/mol. The third-order valence-corrected chi connectivity index (χ3v) is 2.86. The van der Waals surface area contributed by atoms with Crippen LogP contribution in [0.15, 0.2) is 21.1 Å². The maximum Gasteiger partial charge on any atom is 0.320 e. The molecule has 0 saturated carbocycles. The van der Waals surface area contributed by atoms with E-state index in [-0.39, 0.29) is 16.5 Å². The van der Waals surface area contributed by atoms with Crippen LogP contribution in [0.2, 0.25) is 0 Å². The van der Waals surface area contributed by atoms with Gasteiger partial charge in [-0.25, -0.2) is 4.39 Å². The lowest BCUT2D eigenvalue weighted by molar-refractivity contribution is -0.138. The van der Waals surface area contributed by atoms with Gasteiger partial charge in [0.1, 0.15) is 11.9 Å². The van der Waals surface area contributed by atoms with E-state index >= 15 is 0 Å². The number of rotatable bonds is 3. The molecule has 0 aliphatic heterocycles. The fraction of sp³-hybridized carbons (Fsp3) is 0.222. The molecule has 0 aliphatic rings. The van der Waals surface area contributed by atoms with Crippen molar-refractivity contribution in [3.05, 3.63) is 32.5 Å². The zero-order valence-corrected chi connectivity index (χ0v) is 10.7. The molecule has 1 unspecified atom stereocenters. The highest BCUT2D eigenvalue weighted by Gasteiger charge is 2.16. The van der Waals surface area contributed by atoms with Crippen molar-refractivity contribution in [3.63, 3.8) is 0 Å². The van der Waals surface area contributed by atoms with Gasteiger partial charge in [-0.3, -0.25) is 4.79 Å². The van der Waals surface area contributed by atoms with Gasteiger partial charge in [0.15, 0.2) is 0 Å². The third kappa shape index (κ3) is 3.25. The standard InChI is InChI=1S/C9H8Br2FNO2/c10-5-1-4(2-7(13)9(14)15)8(12)6(11)3-5/h1,3,7H,2,13H2,(H,14,15). The van der Waals surface area contributed by atoms with Gasteiger partial charge in [0.05, 0.1) is 4.47 Å². The van der Waals surface area contributed by atoms with Gasteiger partial charge in [-0.15, -0.1) is 0 Å². The van der Waals surface area contributed by atoms with E-state index in [1.807, 2.05) is 0 Å². The first-order valence-corrected chi connectivity index (χ1v) is 5.62. The third-order valence-electron chi connectivity index (χ3n) is 1.83. The summed E-state index contributed by atoms with van der Waals surface area (Å²) in [7, 11) is 0. The second-order valence-electron chi connectivity index (χ2n) is 3.01. The smallest absolute Gasteiger partial charge is 0.320 e. The van der Waals surface area contributed by atoms with Crippen LogP contribution in [0.5, 0.6) is 0 Å². The Labute approximate surface area is 103 Å². The second kappa shape index (κ2) is 5.05. The van der Waals surface area contributed by atoms with Crippen molar-refractivity contribution in [3.8, 4) is 0 Å². The first-order chi connectivity index (χ1) is 6.91. The Hall–Kier alpha value is -0.460. The summed E-state index contributed by atoms with van der Waals surface area (Å²) in [6.45, 7) is 0. The lowest BCUT2D eigenvalue weighted by atomic mass is 10.1. The molecule has 0 fully saturated rings. The Morgan fingerprint density at radius 3 is 2.67 bits per heavy atom. The number of carboxylic acid groups (broad SMARTS) is 1. The predicted octanol–water partition coefficient (Wildman–Crippen LogP) is 2.31. The first-order valence-electron chi connectivity index (χ1n) is 4.03. The molecule has 0 amide bonds. The number of nitrogens with two attached hydrogens (primary N) is 1. The molecule has 1 aromatic rings. The second-order valence-corrected chi connectivity index (χ2v) is 4.78. The minimum absolute atomic E-state index is 0.0425. The lowest BCUT2D eigenvalue weighted by Gasteiger charge is -2.09. The van der Waals surface area contributed by atoms with Crippen LogP contribution in [0.1, 0.15) is 5.56 Å². The molecule has 3 N–H and O–H groups in total. The molecule has 3 nitrogen and oxygen atoms in total. The summed E-state index contributed by atoms with van der Waals surface area (Å²) in [5.41, 5.74) is 5.59. The van der Waals surface area contributed by atoms with Gasteiger partial charge >= 0.3 is 5.97 Å². The molecule has 0 aliphatic carbocycles. The molecule has 15 heavy (non-hydrogen) atoms. The van der Waals surface area contributed by atoms with Crippen molar-refractivity contribution >= 4 is 37.8 Å². The predicted molar refractivity (Wildman–Crippen MR) is 61.1 cm³/mol. The van der Waals surface area contributed by atoms with Gasteiger partial charge < -0.3 is 10.8 Å². The van der Waals surface area contributed by atoms with Crippen molar-refractivity contribution in [2.24, 2.45) is 5.73 Å².